The Balaban J connectivity index is 1.63. The molecule has 1 aliphatic heterocycles. The summed E-state index contributed by atoms with van der Waals surface area (Å²) in [5.74, 6) is 1.65. The van der Waals surface area contributed by atoms with Gasteiger partial charge in [-0.3, -0.25) is 0 Å². The van der Waals surface area contributed by atoms with E-state index in [9.17, 15) is 0 Å². The monoisotopic (exact) mass is 351 g/mol. The number of fused-ring (bicyclic) bond motifs is 1. The van der Waals surface area contributed by atoms with E-state index >= 15 is 0 Å². The number of ether oxygens (including phenoxy) is 1. The molecule has 6 nitrogen and oxygen atoms in total. The van der Waals surface area contributed by atoms with Crippen molar-refractivity contribution in [2.24, 2.45) is 5.92 Å². The zero-order chi connectivity index (χ0) is 18.1. The highest BCUT2D eigenvalue weighted by atomic mass is 16.5. The second-order valence-corrected chi connectivity index (χ2v) is 7.05. The molecular formula is C20H25N5O. The first kappa shape index (κ1) is 16.8. The molecule has 1 unspecified atom stereocenters. The quantitative estimate of drug-likeness (QED) is 0.909. The highest BCUT2D eigenvalue weighted by Gasteiger charge is 2.22. The molecule has 2 aromatic heterocycles. The van der Waals surface area contributed by atoms with Crippen LogP contribution in [0, 0.1) is 12.8 Å². The van der Waals surface area contributed by atoms with Crippen molar-refractivity contribution >= 4 is 11.3 Å². The van der Waals surface area contributed by atoms with Crippen molar-refractivity contribution < 1.29 is 4.74 Å². The summed E-state index contributed by atoms with van der Waals surface area (Å²) in [5.41, 5.74) is 5.72. The topological polar surface area (TPSA) is 64.9 Å². The van der Waals surface area contributed by atoms with Crippen LogP contribution in [0.1, 0.15) is 43.4 Å². The van der Waals surface area contributed by atoms with Crippen LogP contribution in [0.2, 0.25) is 0 Å². The van der Waals surface area contributed by atoms with Crippen LogP contribution in [0.4, 0.5) is 5.69 Å². The van der Waals surface area contributed by atoms with E-state index in [0.717, 1.165) is 30.8 Å². The van der Waals surface area contributed by atoms with E-state index in [1.165, 1.54) is 35.6 Å². The van der Waals surface area contributed by atoms with Crippen molar-refractivity contribution in [2.45, 2.75) is 46.1 Å². The number of nitrogens with one attached hydrogen (secondary N) is 1. The van der Waals surface area contributed by atoms with Gasteiger partial charge in [-0.25, -0.2) is 15.0 Å². The summed E-state index contributed by atoms with van der Waals surface area (Å²) < 4.78 is 7.44. The maximum absolute atomic E-state index is 5.03. The summed E-state index contributed by atoms with van der Waals surface area (Å²) in [6, 6.07) is 0.378. The van der Waals surface area contributed by atoms with Gasteiger partial charge < -0.3 is 14.6 Å². The predicted molar refractivity (Wildman–Crippen MR) is 102 cm³/mol. The third kappa shape index (κ3) is 3.11. The van der Waals surface area contributed by atoms with Gasteiger partial charge in [0, 0.05) is 18.7 Å². The standard InChI is InChI=1S/C20H25N5O/c1-13-7-8-15(19-14(2)23-18-6-4-5-9-25(18)19)10-17(13)24-16-11-21-20(26-3)22-12-16/h8,10-13,24H,4-7,9H2,1-3H3. The molecule has 1 aliphatic carbocycles. The summed E-state index contributed by atoms with van der Waals surface area (Å²) in [6.07, 6.45) is 12.7. The number of hydrogen-bond acceptors (Lipinski definition) is 5. The molecule has 0 radical (unpaired) electrons. The minimum absolute atomic E-state index is 0.378. The Bertz CT molecular complexity index is 863. The number of anilines is 1. The molecule has 1 N–H and O–H groups in total. The first-order valence-electron chi connectivity index (χ1n) is 9.27. The molecular weight excluding hydrogens is 326 g/mol. The molecule has 0 saturated carbocycles. The van der Waals surface area contributed by atoms with E-state index < -0.39 is 0 Å². The average Bonchev–Trinajstić information content (AvgIpc) is 3.00. The number of allylic oxidation sites excluding steroid dienone is 4. The number of aryl methyl sites for hydroxylation is 2. The zero-order valence-corrected chi connectivity index (χ0v) is 15.6. The fraction of sp³-hybridized carbons (Fsp3) is 0.450. The molecule has 3 heterocycles. The molecule has 2 aliphatic rings. The fourth-order valence-electron chi connectivity index (χ4n) is 3.76. The van der Waals surface area contributed by atoms with Gasteiger partial charge >= 0.3 is 6.01 Å². The van der Waals surface area contributed by atoms with Crippen LogP contribution < -0.4 is 10.1 Å². The number of methoxy groups -OCH3 is 1. The Labute approximate surface area is 154 Å². The molecule has 0 bridgehead atoms. The van der Waals surface area contributed by atoms with Gasteiger partial charge in [0.1, 0.15) is 5.82 Å². The van der Waals surface area contributed by atoms with E-state index in [0.29, 0.717) is 11.9 Å². The molecule has 26 heavy (non-hydrogen) atoms. The fourth-order valence-corrected chi connectivity index (χ4v) is 3.76. The molecule has 6 heteroatoms. The van der Waals surface area contributed by atoms with Gasteiger partial charge in [0.15, 0.2) is 0 Å². The Kier molecular flexibility index (Phi) is 4.49. The lowest BCUT2D eigenvalue weighted by Crippen LogP contribution is -2.16. The van der Waals surface area contributed by atoms with Gasteiger partial charge in [-0.15, -0.1) is 0 Å². The van der Waals surface area contributed by atoms with E-state index in [1.54, 1.807) is 19.5 Å². The van der Waals surface area contributed by atoms with Gasteiger partial charge in [0.2, 0.25) is 0 Å². The SMILES string of the molecule is COc1ncc(NC2=CC(c3c(C)nc4n3CCCC4)=CCC2C)cn1. The molecule has 4 rings (SSSR count). The van der Waals surface area contributed by atoms with Crippen LogP contribution >= 0.6 is 0 Å². The first-order chi connectivity index (χ1) is 12.7. The minimum atomic E-state index is 0.378. The van der Waals surface area contributed by atoms with Crippen molar-refractivity contribution in [2.75, 3.05) is 12.4 Å². The molecule has 0 aromatic carbocycles. The largest absolute Gasteiger partial charge is 0.467 e. The summed E-state index contributed by atoms with van der Waals surface area (Å²) in [7, 11) is 1.57. The molecule has 0 amide bonds. The van der Waals surface area contributed by atoms with E-state index in [4.69, 9.17) is 9.72 Å². The first-order valence-corrected chi connectivity index (χ1v) is 9.27. The van der Waals surface area contributed by atoms with Crippen LogP contribution in [0.3, 0.4) is 0 Å². The third-order valence-electron chi connectivity index (χ3n) is 5.16. The molecule has 1 atom stereocenters. The summed E-state index contributed by atoms with van der Waals surface area (Å²) in [6.45, 7) is 5.42. The Morgan fingerprint density at radius 2 is 2.04 bits per heavy atom. The second-order valence-electron chi connectivity index (χ2n) is 7.05. The second kappa shape index (κ2) is 6.94. The highest BCUT2D eigenvalue weighted by Crippen LogP contribution is 2.33. The van der Waals surface area contributed by atoms with Crippen molar-refractivity contribution in [1.29, 1.82) is 0 Å². The summed E-state index contributed by atoms with van der Waals surface area (Å²) in [5, 5.41) is 3.48. The number of aromatic nitrogens is 4. The van der Waals surface area contributed by atoms with Crippen LogP contribution in [0.15, 0.2) is 30.2 Å². The van der Waals surface area contributed by atoms with Crippen LogP contribution in [0.25, 0.3) is 5.57 Å². The number of imidazole rings is 1. The van der Waals surface area contributed by atoms with E-state index in [2.05, 4.69) is 45.9 Å². The van der Waals surface area contributed by atoms with Gasteiger partial charge in [0.25, 0.3) is 0 Å². The van der Waals surface area contributed by atoms with Crippen molar-refractivity contribution in [3.05, 3.63) is 47.5 Å². The van der Waals surface area contributed by atoms with Crippen LogP contribution in [-0.2, 0) is 13.0 Å². The Hall–Kier alpha value is -2.63. The Morgan fingerprint density at radius 3 is 2.81 bits per heavy atom. The summed E-state index contributed by atoms with van der Waals surface area (Å²) >= 11 is 0. The van der Waals surface area contributed by atoms with Gasteiger partial charge in [0.05, 0.1) is 36.6 Å². The molecule has 2 aromatic rings. The lowest BCUT2D eigenvalue weighted by atomic mass is 9.92. The van der Waals surface area contributed by atoms with Crippen LogP contribution in [-0.4, -0.2) is 26.6 Å². The lowest BCUT2D eigenvalue weighted by molar-refractivity contribution is 0.380. The Morgan fingerprint density at radius 1 is 1.23 bits per heavy atom. The van der Waals surface area contributed by atoms with Crippen molar-refractivity contribution in [1.82, 2.24) is 19.5 Å². The van der Waals surface area contributed by atoms with E-state index in [-0.39, 0.29) is 0 Å². The van der Waals surface area contributed by atoms with Crippen molar-refractivity contribution in [3.8, 4) is 6.01 Å². The van der Waals surface area contributed by atoms with Gasteiger partial charge in [-0.1, -0.05) is 13.0 Å². The molecule has 136 valence electrons. The number of nitrogens with zero attached hydrogens (tertiary/aromatic N) is 4. The predicted octanol–water partition coefficient (Wildman–Crippen LogP) is 3.75. The highest BCUT2D eigenvalue weighted by molar-refractivity contribution is 5.76. The maximum Gasteiger partial charge on any atom is 0.316 e. The van der Waals surface area contributed by atoms with Gasteiger partial charge in [-0.2, -0.15) is 0 Å². The molecule has 0 fully saturated rings. The van der Waals surface area contributed by atoms with Crippen molar-refractivity contribution in [3.63, 3.8) is 0 Å². The zero-order valence-electron chi connectivity index (χ0n) is 15.6. The maximum atomic E-state index is 5.03. The van der Waals surface area contributed by atoms with Gasteiger partial charge in [-0.05, 0) is 43.8 Å². The van der Waals surface area contributed by atoms with E-state index in [1.807, 2.05) is 0 Å². The third-order valence-corrected chi connectivity index (χ3v) is 5.16. The number of rotatable bonds is 4. The average molecular weight is 351 g/mol. The molecule has 0 saturated heterocycles. The normalized spacial score (nSPS) is 19.4. The van der Waals surface area contributed by atoms with Crippen LogP contribution in [0.5, 0.6) is 6.01 Å². The molecule has 0 spiro atoms. The smallest absolute Gasteiger partial charge is 0.316 e. The summed E-state index contributed by atoms with van der Waals surface area (Å²) in [4.78, 5) is 13.2. The number of hydrogen-bond donors (Lipinski definition) is 1. The lowest BCUT2D eigenvalue weighted by Gasteiger charge is -2.24. The minimum Gasteiger partial charge on any atom is -0.467 e.